The maximum Gasteiger partial charge on any atom is 0.472 e. The molecule has 1 fully saturated rings. The van der Waals surface area contributed by atoms with Crippen molar-refractivity contribution in [1.29, 1.82) is 0 Å². The Morgan fingerprint density at radius 3 is 1.02 bits per heavy atom. The monoisotopic (exact) mass is 951 g/mol. The second-order valence-corrected chi connectivity index (χ2v) is 20.5. The molecule has 6 N–H and O–H groups in total. The van der Waals surface area contributed by atoms with Crippen molar-refractivity contribution in [2.24, 2.45) is 0 Å². The lowest BCUT2D eigenvalue weighted by molar-refractivity contribution is -0.220. The van der Waals surface area contributed by atoms with Crippen LogP contribution in [0, 0.1) is 0 Å². The fourth-order valence-electron chi connectivity index (χ4n) is 8.64. The molecule has 0 aliphatic heterocycles. The van der Waals surface area contributed by atoms with Crippen molar-refractivity contribution in [1.82, 2.24) is 0 Å². The van der Waals surface area contributed by atoms with Crippen LogP contribution in [0.25, 0.3) is 0 Å². The van der Waals surface area contributed by atoms with Gasteiger partial charge < -0.3 is 39.9 Å². The standard InChI is InChI=1S/C51H99O13P/c1-3-5-7-9-11-13-15-17-19-21-22-24-25-27-29-31-33-35-37-39-44(52)61-41-43(42-62-65(59,60)64-51-49(57)47(55)46(54)48(56)50(51)58)63-45(53)40-38-36-34-32-30-28-26-23-20-18-16-14-12-10-8-6-4-2/h43,46-51,54-58H,3-42H2,1-2H3,(H,59,60)/t43-,46?,47-,48?,49?,50?,51?/m0/s1. The average Bonchev–Trinajstić information content (AvgIpc) is 3.29. The molecule has 6 unspecified atom stereocenters. The molecule has 14 heteroatoms. The first kappa shape index (κ1) is 61.9. The summed E-state index contributed by atoms with van der Waals surface area (Å²) in [6, 6.07) is 0. The summed E-state index contributed by atoms with van der Waals surface area (Å²) in [5.41, 5.74) is 0. The van der Waals surface area contributed by atoms with Crippen LogP contribution >= 0.6 is 7.82 Å². The van der Waals surface area contributed by atoms with Crippen molar-refractivity contribution < 1.29 is 63.1 Å². The van der Waals surface area contributed by atoms with Crippen molar-refractivity contribution >= 4 is 19.8 Å². The predicted molar refractivity (Wildman–Crippen MR) is 258 cm³/mol. The van der Waals surface area contributed by atoms with Gasteiger partial charge in [0, 0.05) is 12.8 Å². The van der Waals surface area contributed by atoms with Crippen LogP contribution in [0.4, 0.5) is 0 Å². The fraction of sp³-hybridized carbons (Fsp3) is 0.961. The molecule has 0 amide bonds. The number of aliphatic hydroxyl groups is 5. The lowest BCUT2D eigenvalue weighted by atomic mass is 9.85. The molecule has 0 spiro atoms. The van der Waals surface area contributed by atoms with Crippen LogP contribution in [-0.2, 0) is 32.7 Å². The van der Waals surface area contributed by atoms with Crippen LogP contribution < -0.4 is 0 Å². The number of hydrogen-bond acceptors (Lipinski definition) is 12. The molecule has 65 heavy (non-hydrogen) atoms. The highest BCUT2D eigenvalue weighted by molar-refractivity contribution is 7.47. The quantitative estimate of drug-likeness (QED) is 0.0191. The van der Waals surface area contributed by atoms with Crippen LogP contribution in [0.3, 0.4) is 0 Å². The number of unbranched alkanes of at least 4 members (excludes halogenated alkanes) is 34. The summed E-state index contributed by atoms with van der Waals surface area (Å²) in [4.78, 5) is 35.9. The van der Waals surface area contributed by atoms with E-state index in [-0.39, 0.29) is 12.8 Å². The first-order valence-corrected chi connectivity index (χ1v) is 28.3. The first-order chi connectivity index (χ1) is 31.4. The van der Waals surface area contributed by atoms with Crippen LogP contribution in [0.15, 0.2) is 0 Å². The minimum atomic E-state index is -5.11. The second kappa shape index (κ2) is 41.8. The molecule has 1 aliphatic rings. The number of aliphatic hydroxyl groups excluding tert-OH is 5. The number of carbonyl (C=O) groups is 2. The summed E-state index contributed by atoms with van der Waals surface area (Å²) < 4.78 is 33.7. The van der Waals surface area contributed by atoms with Crippen molar-refractivity contribution in [2.45, 2.75) is 301 Å². The highest BCUT2D eigenvalue weighted by Gasteiger charge is 2.51. The lowest BCUT2D eigenvalue weighted by Gasteiger charge is -2.41. The van der Waals surface area contributed by atoms with Gasteiger partial charge in [-0.1, -0.05) is 232 Å². The summed E-state index contributed by atoms with van der Waals surface area (Å²) in [7, 11) is -5.11. The SMILES string of the molecule is CCCCCCCCCCCCCCCCCCCCCC(=O)OC[C@@H](COP(=O)(O)OC1C(O)C(O)C(O)[C@H](O)C1O)OC(=O)CCCCCCCCCCCCCCCCCCC. The Hall–Kier alpha value is -1.15. The van der Waals surface area contributed by atoms with Crippen LogP contribution in [-0.4, -0.2) is 98.3 Å². The van der Waals surface area contributed by atoms with Gasteiger partial charge in [-0.2, -0.15) is 0 Å². The van der Waals surface area contributed by atoms with Crippen molar-refractivity contribution in [2.75, 3.05) is 13.2 Å². The van der Waals surface area contributed by atoms with Gasteiger partial charge in [0.25, 0.3) is 0 Å². The number of esters is 2. The number of hydrogen-bond donors (Lipinski definition) is 6. The molecule has 386 valence electrons. The maximum atomic E-state index is 12.9. The highest BCUT2D eigenvalue weighted by Crippen LogP contribution is 2.47. The van der Waals surface area contributed by atoms with Crippen LogP contribution in [0.1, 0.15) is 258 Å². The van der Waals surface area contributed by atoms with Gasteiger partial charge in [-0.3, -0.25) is 18.6 Å². The minimum Gasteiger partial charge on any atom is -0.462 e. The third-order valence-corrected chi connectivity index (χ3v) is 13.9. The summed E-state index contributed by atoms with van der Waals surface area (Å²) >= 11 is 0. The zero-order chi connectivity index (χ0) is 47.8. The number of rotatable bonds is 46. The first-order valence-electron chi connectivity index (χ1n) is 26.8. The summed E-state index contributed by atoms with van der Waals surface area (Å²) in [6.45, 7) is 3.36. The molecule has 0 saturated heterocycles. The van der Waals surface area contributed by atoms with Crippen molar-refractivity contribution in [3.8, 4) is 0 Å². The minimum absolute atomic E-state index is 0.105. The van der Waals surface area contributed by atoms with Crippen LogP contribution in [0.2, 0.25) is 0 Å². The van der Waals surface area contributed by atoms with Crippen LogP contribution in [0.5, 0.6) is 0 Å². The van der Waals surface area contributed by atoms with E-state index in [0.717, 1.165) is 38.5 Å². The highest BCUT2D eigenvalue weighted by atomic mass is 31.2. The predicted octanol–water partition coefficient (Wildman–Crippen LogP) is 11.6. The summed E-state index contributed by atoms with van der Waals surface area (Å²) in [6.07, 6.45) is 31.5. The normalized spacial score (nSPS) is 21.3. The van der Waals surface area contributed by atoms with Gasteiger partial charge in [0.1, 0.15) is 43.2 Å². The van der Waals surface area contributed by atoms with E-state index < -0.39 is 75.7 Å². The second-order valence-electron chi connectivity index (χ2n) is 19.1. The largest absolute Gasteiger partial charge is 0.472 e. The van der Waals surface area contributed by atoms with E-state index in [1.807, 2.05) is 0 Å². The topological polar surface area (TPSA) is 210 Å². The molecule has 0 heterocycles. The third kappa shape index (κ3) is 33.9. The smallest absolute Gasteiger partial charge is 0.462 e. The van der Waals surface area contributed by atoms with Crippen molar-refractivity contribution in [3.63, 3.8) is 0 Å². The van der Waals surface area contributed by atoms with E-state index >= 15 is 0 Å². The molecule has 8 atom stereocenters. The maximum absolute atomic E-state index is 12.9. The fourth-order valence-corrected chi connectivity index (χ4v) is 9.62. The van der Waals surface area contributed by atoms with E-state index in [4.69, 9.17) is 18.5 Å². The van der Waals surface area contributed by atoms with Gasteiger partial charge in [-0.15, -0.1) is 0 Å². The van der Waals surface area contributed by atoms with E-state index in [9.17, 15) is 44.6 Å². The molecular weight excluding hydrogens is 852 g/mol. The zero-order valence-electron chi connectivity index (χ0n) is 41.3. The Kier molecular flexibility index (Phi) is 39.8. The summed E-state index contributed by atoms with van der Waals surface area (Å²) in [5, 5.41) is 50.3. The van der Waals surface area contributed by atoms with E-state index in [0.29, 0.717) is 12.8 Å². The molecule has 0 aromatic heterocycles. The molecule has 0 aromatic carbocycles. The molecular formula is C51H99O13P. The molecule has 13 nitrogen and oxygen atoms in total. The number of phosphoric acid groups is 1. The average molecular weight is 951 g/mol. The number of carbonyl (C=O) groups excluding carboxylic acids is 2. The van der Waals surface area contributed by atoms with E-state index in [1.165, 1.54) is 180 Å². The van der Waals surface area contributed by atoms with E-state index in [1.54, 1.807) is 0 Å². The van der Waals surface area contributed by atoms with Gasteiger partial charge in [-0.05, 0) is 12.8 Å². The number of phosphoric ester groups is 1. The molecule has 0 aromatic rings. The molecule has 1 saturated carbocycles. The van der Waals surface area contributed by atoms with E-state index in [2.05, 4.69) is 13.8 Å². The molecule has 1 rings (SSSR count). The van der Waals surface area contributed by atoms with Crippen molar-refractivity contribution in [3.05, 3.63) is 0 Å². The van der Waals surface area contributed by atoms with Gasteiger partial charge in [0.15, 0.2) is 6.10 Å². The van der Waals surface area contributed by atoms with Gasteiger partial charge in [0.05, 0.1) is 6.61 Å². The summed E-state index contributed by atoms with van der Waals surface area (Å²) in [5.74, 6) is -1.08. The van der Waals surface area contributed by atoms with Gasteiger partial charge >= 0.3 is 19.8 Å². The third-order valence-electron chi connectivity index (χ3n) is 12.9. The van der Waals surface area contributed by atoms with Gasteiger partial charge in [0.2, 0.25) is 0 Å². The Balaban J connectivity index is 2.36. The Labute approximate surface area is 395 Å². The Morgan fingerprint density at radius 1 is 0.415 bits per heavy atom. The Bertz CT molecular complexity index is 1150. The molecule has 0 radical (unpaired) electrons. The molecule has 1 aliphatic carbocycles. The number of ether oxygens (including phenoxy) is 2. The zero-order valence-corrected chi connectivity index (χ0v) is 42.2. The van der Waals surface area contributed by atoms with Gasteiger partial charge in [-0.25, -0.2) is 4.57 Å². The molecule has 0 bridgehead atoms. The lowest BCUT2D eigenvalue weighted by Crippen LogP contribution is -2.64. The Morgan fingerprint density at radius 2 is 0.692 bits per heavy atom.